The summed E-state index contributed by atoms with van der Waals surface area (Å²) in [4.78, 5) is 24.8. The molecule has 0 bridgehead atoms. The molecule has 2 heterocycles. The van der Waals surface area contributed by atoms with Crippen molar-refractivity contribution in [3.05, 3.63) is 82.2 Å². The van der Waals surface area contributed by atoms with Crippen LogP contribution < -0.4 is 10.7 Å². The molecule has 3 aromatic rings. The Bertz CT molecular complexity index is 931. The molecule has 1 atom stereocenters. The van der Waals surface area contributed by atoms with Crippen LogP contribution in [0.15, 0.2) is 64.0 Å². The minimum Gasteiger partial charge on any atom is -0.469 e. The van der Waals surface area contributed by atoms with Crippen LogP contribution in [0.4, 0.5) is 0 Å². The van der Waals surface area contributed by atoms with E-state index in [1.165, 1.54) is 6.07 Å². The molecular formula is C20H21N3O3. The van der Waals surface area contributed by atoms with Crippen LogP contribution in [0, 0.1) is 6.92 Å². The fraction of sp³-hybridized carbons (Fsp3) is 0.250. The normalized spacial score (nSPS) is 11.9. The van der Waals surface area contributed by atoms with E-state index in [2.05, 4.69) is 10.4 Å². The van der Waals surface area contributed by atoms with E-state index in [9.17, 15) is 9.59 Å². The molecule has 0 aliphatic heterocycles. The number of hydrogen-bond acceptors (Lipinski definition) is 4. The Morgan fingerprint density at radius 1 is 1.23 bits per heavy atom. The van der Waals surface area contributed by atoms with Crippen molar-refractivity contribution in [2.24, 2.45) is 0 Å². The van der Waals surface area contributed by atoms with Gasteiger partial charge in [-0.25, -0.2) is 4.68 Å². The monoisotopic (exact) mass is 351 g/mol. The molecule has 6 nitrogen and oxygen atoms in total. The maximum atomic E-state index is 12.5. The van der Waals surface area contributed by atoms with Gasteiger partial charge in [-0.2, -0.15) is 5.10 Å². The van der Waals surface area contributed by atoms with Crippen molar-refractivity contribution in [3.63, 3.8) is 0 Å². The lowest BCUT2D eigenvalue weighted by molar-refractivity contribution is 0.0930. The number of aromatic nitrogens is 2. The molecule has 1 N–H and O–H groups in total. The van der Waals surface area contributed by atoms with E-state index in [1.54, 1.807) is 17.9 Å². The Morgan fingerprint density at radius 2 is 2.00 bits per heavy atom. The number of nitrogens with one attached hydrogen (secondary N) is 1. The molecule has 1 unspecified atom stereocenters. The maximum Gasteiger partial charge on any atom is 0.276 e. The standard InChI is InChI=1S/C20H21N3O3/c1-14(10-11-17-9-6-12-26-17)21-20(25)19-18(24)13-15(2)23(22-19)16-7-4-3-5-8-16/h3-9,12-14H,10-11H2,1-2H3,(H,21,25). The third-order valence-electron chi connectivity index (χ3n) is 4.10. The lowest BCUT2D eigenvalue weighted by Crippen LogP contribution is -2.37. The average molecular weight is 351 g/mol. The second-order valence-electron chi connectivity index (χ2n) is 6.24. The molecule has 26 heavy (non-hydrogen) atoms. The first-order valence-electron chi connectivity index (χ1n) is 8.54. The Morgan fingerprint density at radius 3 is 2.69 bits per heavy atom. The Labute approximate surface area is 151 Å². The van der Waals surface area contributed by atoms with E-state index in [0.29, 0.717) is 18.5 Å². The van der Waals surface area contributed by atoms with Crippen LogP contribution in [0.2, 0.25) is 0 Å². The van der Waals surface area contributed by atoms with Gasteiger partial charge in [-0.15, -0.1) is 0 Å². The first kappa shape index (κ1) is 17.7. The van der Waals surface area contributed by atoms with Gasteiger partial charge in [-0.05, 0) is 44.5 Å². The summed E-state index contributed by atoms with van der Waals surface area (Å²) in [6, 6.07) is 14.5. The topological polar surface area (TPSA) is 77.1 Å². The lowest BCUT2D eigenvalue weighted by Gasteiger charge is -2.14. The highest BCUT2D eigenvalue weighted by atomic mass is 16.3. The number of carbonyl (C=O) groups excluding carboxylic acids is 1. The third kappa shape index (κ3) is 4.08. The summed E-state index contributed by atoms with van der Waals surface area (Å²) in [5.41, 5.74) is 0.975. The maximum absolute atomic E-state index is 12.5. The van der Waals surface area contributed by atoms with Crippen LogP contribution >= 0.6 is 0 Å². The van der Waals surface area contributed by atoms with Crippen molar-refractivity contribution in [1.82, 2.24) is 15.1 Å². The van der Waals surface area contributed by atoms with Gasteiger partial charge in [0, 0.05) is 24.2 Å². The highest BCUT2D eigenvalue weighted by molar-refractivity contribution is 5.92. The summed E-state index contributed by atoms with van der Waals surface area (Å²) in [5, 5.41) is 7.12. The quantitative estimate of drug-likeness (QED) is 0.741. The Balaban J connectivity index is 1.75. The lowest BCUT2D eigenvalue weighted by atomic mass is 10.1. The molecule has 2 aromatic heterocycles. The van der Waals surface area contributed by atoms with Gasteiger partial charge in [-0.3, -0.25) is 9.59 Å². The van der Waals surface area contributed by atoms with Crippen molar-refractivity contribution in [2.45, 2.75) is 32.7 Å². The second kappa shape index (κ2) is 7.82. The van der Waals surface area contributed by atoms with Gasteiger partial charge in [0.1, 0.15) is 5.76 Å². The van der Waals surface area contributed by atoms with Gasteiger partial charge in [0.25, 0.3) is 5.91 Å². The second-order valence-corrected chi connectivity index (χ2v) is 6.24. The van der Waals surface area contributed by atoms with Gasteiger partial charge < -0.3 is 9.73 Å². The molecular weight excluding hydrogens is 330 g/mol. The molecule has 3 rings (SSSR count). The third-order valence-corrected chi connectivity index (χ3v) is 4.10. The van der Waals surface area contributed by atoms with Gasteiger partial charge in [0.2, 0.25) is 5.43 Å². The molecule has 6 heteroatoms. The largest absolute Gasteiger partial charge is 0.469 e. The molecule has 134 valence electrons. The zero-order valence-electron chi connectivity index (χ0n) is 14.8. The number of hydrogen-bond donors (Lipinski definition) is 1. The highest BCUT2D eigenvalue weighted by Crippen LogP contribution is 2.09. The summed E-state index contributed by atoms with van der Waals surface area (Å²) in [6.07, 6.45) is 3.04. The van der Waals surface area contributed by atoms with Crippen molar-refractivity contribution >= 4 is 5.91 Å². The van der Waals surface area contributed by atoms with E-state index < -0.39 is 5.91 Å². The number of carbonyl (C=O) groups is 1. The number of benzene rings is 1. The van der Waals surface area contributed by atoms with E-state index in [4.69, 9.17) is 4.42 Å². The number of nitrogens with zero attached hydrogens (tertiary/aromatic N) is 2. The molecule has 0 aliphatic carbocycles. The number of para-hydroxylation sites is 1. The van der Waals surface area contributed by atoms with E-state index >= 15 is 0 Å². The minimum absolute atomic E-state index is 0.107. The van der Waals surface area contributed by atoms with Crippen molar-refractivity contribution in [2.75, 3.05) is 0 Å². The molecule has 0 aliphatic rings. The van der Waals surface area contributed by atoms with Crippen LogP contribution in [-0.2, 0) is 6.42 Å². The molecule has 1 aromatic carbocycles. The zero-order chi connectivity index (χ0) is 18.5. The number of aryl methyl sites for hydroxylation is 2. The van der Waals surface area contributed by atoms with Crippen LogP contribution in [0.3, 0.4) is 0 Å². The molecule has 0 saturated carbocycles. The van der Waals surface area contributed by atoms with Crippen LogP contribution in [0.5, 0.6) is 0 Å². The van der Waals surface area contributed by atoms with Gasteiger partial charge in [-0.1, -0.05) is 18.2 Å². The summed E-state index contributed by atoms with van der Waals surface area (Å²) in [6.45, 7) is 3.68. The summed E-state index contributed by atoms with van der Waals surface area (Å²) >= 11 is 0. The van der Waals surface area contributed by atoms with Gasteiger partial charge in [0.05, 0.1) is 12.0 Å². The zero-order valence-corrected chi connectivity index (χ0v) is 14.8. The SMILES string of the molecule is Cc1cc(=O)c(C(=O)NC(C)CCc2ccco2)nn1-c1ccccc1. The molecule has 0 radical (unpaired) electrons. The Kier molecular flexibility index (Phi) is 5.31. The number of furan rings is 1. The first-order valence-corrected chi connectivity index (χ1v) is 8.54. The molecule has 0 saturated heterocycles. The van der Waals surface area contributed by atoms with E-state index in [-0.39, 0.29) is 17.2 Å². The van der Waals surface area contributed by atoms with Crippen LogP contribution in [0.25, 0.3) is 5.69 Å². The van der Waals surface area contributed by atoms with Crippen molar-refractivity contribution in [1.29, 1.82) is 0 Å². The van der Waals surface area contributed by atoms with Gasteiger partial charge in [0.15, 0.2) is 5.69 Å². The van der Waals surface area contributed by atoms with Gasteiger partial charge >= 0.3 is 0 Å². The first-order chi connectivity index (χ1) is 12.5. The number of amides is 1. The molecule has 0 fully saturated rings. The van der Waals surface area contributed by atoms with Crippen LogP contribution in [-0.4, -0.2) is 21.7 Å². The fourth-order valence-electron chi connectivity index (χ4n) is 2.71. The molecule has 0 spiro atoms. The number of rotatable bonds is 6. The van der Waals surface area contributed by atoms with E-state index in [1.807, 2.05) is 49.4 Å². The summed E-state index contributed by atoms with van der Waals surface area (Å²) < 4.78 is 6.89. The highest BCUT2D eigenvalue weighted by Gasteiger charge is 2.17. The summed E-state index contributed by atoms with van der Waals surface area (Å²) in [7, 11) is 0. The van der Waals surface area contributed by atoms with E-state index in [0.717, 1.165) is 11.4 Å². The predicted molar refractivity (Wildman–Crippen MR) is 98.5 cm³/mol. The predicted octanol–water partition coefficient (Wildman–Crippen LogP) is 2.89. The minimum atomic E-state index is -0.466. The average Bonchev–Trinajstić information content (AvgIpc) is 3.14. The smallest absolute Gasteiger partial charge is 0.276 e. The van der Waals surface area contributed by atoms with Crippen molar-refractivity contribution in [3.8, 4) is 5.69 Å². The Hall–Kier alpha value is -3.15. The molecule has 1 amide bonds. The van der Waals surface area contributed by atoms with Crippen LogP contribution in [0.1, 0.15) is 35.3 Å². The summed E-state index contributed by atoms with van der Waals surface area (Å²) in [5.74, 6) is 0.401. The fourth-order valence-corrected chi connectivity index (χ4v) is 2.71. The van der Waals surface area contributed by atoms with Crippen molar-refractivity contribution < 1.29 is 9.21 Å².